The second kappa shape index (κ2) is 15.4. The van der Waals surface area contributed by atoms with E-state index in [-0.39, 0.29) is 17.3 Å². The molecule has 1 aromatic heterocycles. The topological polar surface area (TPSA) is 119 Å². The summed E-state index contributed by atoms with van der Waals surface area (Å²) in [7, 11) is 2.06. The minimum absolute atomic E-state index is 0.0296. The smallest absolute Gasteiger partial charge is 0.475 e. The van der Waals surface area contributed by atoms with Crippen LogP contribution in [0.25, 0.3) is 0 Å². The van der Waals surface area contributed by atoms with E-state index in [0.29, 0.717) is 13.1 Å². The molecule has 2 aromatic rings. The highest BCUT2D eigenvalue weighted by Crippen LogP contribution is 2.32. The summed E-state index contributed by atoms with van der Waals surface area (Å²) in [4.78, 5) is 36.2. The van der Waals surface area contributed by atoms with Crippen molar-refractivity contribution in [3.63, 3.8) is 0 Å². The van der Waals surface area contributed by atoms with Crippen LogP contribution < -0.4 is 5.32 Å². The van der Waals surface area contributed by atoms with Crippen LogP contribution in [0.1, 0.15) is 23.3 Å². The molecule has 2 aliphatic heterocycles. The number of amides is 1. The van der Waals surface area contributed by atoms with Crippen molar-refractivity contribution >= 4 is 29.2 Å². The van der Waals surface area contributed by atoms with Gasteiger partial charge in [-0.25, -0.2) is 14.0 Å². The van der Waals surface area contributed by atoms with Crippen LogP contribution in [-0.4, -0.2) is 95.1 Å². The predicted octanol–water partition coefficient (Wildman–Crippen LogP) is 4.14. The number of ether oxygens (including phenoxy) is 1. The molecule has 1 unspecified atom stereocenters. The lowest BCUT2D eigenvalue weighted by molar-refractivity contribution is -0.193. The molecule has 240 valence electrons. The van der Waals surface area contributed by atoms with Crippen LogP contribution in [0, 0.1) is 5.82 Å². The highest BCUT2D eigenvalue weighted by molar-refractivity contribution is 7.09. The Hall–Kier alpha value is -3.28. The number of alkyl halides is 6. The minimum Gasteiger partial charge on any atom is -0.475 e. The number of piperidine rings is 1. The number of nitrogens with one attached hydrogen (secondary N) is 1. The third kappa shape index (κ3) is 12.5. The summed E-state index contributed by atoms with van der Waals surface area (Å²) in [6.45, 7) is 4.67. The fourth-order valence-corrected chi connectivity index (χ4v) is 4.94. The number of aliphatic carboxylic acids is 2. The van der Waals surface area contributed by atoms with Gasteiger partial charge in [-0.15, -0.1) is 11.3 Å². The Labute approximate surface area is 245 Å². The van der Waals surface area contributed by atoms with Crippen molar-refractivity contribution in [3.8, 4) is 0 Å². The fraction of sp³-hybridized carbons (Fsp3) is 0.500. The van der Waals surface area contributed by atoms with Gasteiger partial charge in [0.1, 0.15) is 11.9 Å². The number of morpholine rings is 1. The molecular weight excluding hydrogens is 615 g/mol. The molecule has 0 saturated carbocycles. The van der Waals surface area contributed by atoms with Crippen LogP contribution in [0.3, 0.4) is 0 Å². The van der Waals surface area contributed by atoms with Gasteiger partial charge < -0.3 is 25.2 Å². The quantitative estimate of drug-likeness (QED) is 0.416. The van der Waals surface area contributed by atoms with E-state index in [2.05, 4.69) is 22.2 Å². The van der Waals surface area contributed by atoms with E-state index in [1.165, 1.54) is 12.1 Å². The van der Waals surface area contributed by atoms with Gasteiger partial charge in [-0.3, -0.25) is 9.69 Å². The van der Waals surface area contributed by atoms with Gasteiger partial charge in [0.05, 0.1) is 12.1 Å². The van der Waals surface area contributed by atoms with Gasteiger partial charge in [-0.2, -0.15) is 26.3 Å². The molecule has 3 heterocycles. The zero-order valence-electron chi connectivity index (χ0n) is 22.8. The number of benzene rings is 1. The number of nitrogens with zero attached hydrogens (tertiary/aromatic N) is 2. The molecule has 0 radical (unpaired) electrons. The first-order valence-corrected chi connectivity index (χ1v) is 13.5. The van der Waals surface area contributed by atoms with Crippen molar-refractivity contribution in [2.24, 2.45) is 0 Å². The van der Waals surface area contributed by atoms with Crippen molar-refractivity contribution in [1.82, 2.24) is 15.1 Å². The zero-order valence-corrected chi connectivity index (χ0v) is 23.6. The average molecular weight is 646 g/mol. The van der Waals surface area contributed by atoms with Gasteiger partial charge in [0.15, 0.2) is 0 Å². The molecule has 3 N–H and O–H groups in total. The Morgan fingerprint density at radius 1 is 1.00 bits per heavy atom. The molecule has 1 spiro atoms. The van der Waals surface area contributed by atoms with E-state index in [1.807, 2.05) is 29.6 Å². The number of likely N-dealkylation sites (tertiary alicyclic amines) is 1. The first-order valence-electron chi connectivity index (χ1n) is 12.6. The van der Waals surface area contributed by atoms with Gasteiger partial charge in [0.2, 0.25) is 0 Å². The highest BCUT2D eigenvalue weighted by Gasteiger charge is 2.44. The van der Waals surface area contributed by atoms with Crippen molar-refractivity contribution in [2.75, 3.05) is 33.2 Å². The van der Waals surface area contributed by atoms with Crippen LogP contribution in [0.4, 0.5) is 30.7 Å². The van der Waals surface area contributed by atoms with Crippen LogP contribution in [0.5, 0.6) is 0 Å². The molecule has 17 heteroatoms. The van der Waals surface area contributed by atoms with Crippen molar-refractivity contribution in [2.45, 2.75) is 50.0 Å². The number of carbonyl (C=O) groups is 3. The molecule has 1 aromatic carbocycles. The molecule has 9 nitrogen and oxygen atoms in total. The maximum Gasteiger partial charge on any atom is 0.490 e. The number of hydrogen-bond donors (Lipinski definition) is 3. The van der Waals surface area contributed by atoms with Gasteiger partial charge in [0, 0.05) is 37.6 Å². The SMILES string of the molecule is CN1CC(C(=O)NCc2cccs2)OC2(CCN(Cc3ccc(F)cc3)CC2)C1.O=C(O)C(F)(F)F.O=C(O)C(F)(F)F. The van der Waals surface area contributed by atoms with Gasteiger partial charge >= 0.3 is 24.3 Å². The summed E-state index contributed by atoms with van der Waals surface area (Å²) >= 11 is 1.64. The number of carboxylic acid groups (broad SMARTS) is 2. The van der Waals surface area contributed by atoms with Crippen LogP contribution >= 0.6 is 11.3 Å². The number of likely N-dealkylation sites (N-methyl/N-ethyl adjacent to an activating group) is 1. The summed E-state index contributed by atoms with van der Waals surface area (Å²) in [5, 5.41) is 19.3. The number of halogens is 7. The summed E-state index contributed by atoms with van der Waals surface area (Å²) in [5.41, 5.74) is 0.854. The molecular formula is C26H30F7N3O6S. The number of rotatable bonds is 5. The molecule has 1 atom stereocenters. The van der Waals surface area contributed by atoms with Gasteiger partial charge in [0.25, 0.3) is 5.91 Å². The van der Waals surface area contributed by atoms with Gasteiger partial charge in [-0.05, 0) is 49.0 Å². The second-order valence-electron chi connectivity index (χ2n) is 9.79. The normalized spacial score (nSPS) is 18.9. The standard InChI is InChI=1S/C22H28FN3O2S.2C2HF3O2/c1-25-15-20(21(27)24-13-19-3-2-12-29-19)28-22(16-25)8-10-26(11-9-22)14-17-4-6-18(23)7-5-17;2*3-2(4,5)1(6)7/h2-7,12,20H,8-11,13-16H2,1H3,(H,24,27);2*(H,6,7). The molecule has 1 amide bonds. The predicted molar refractivity (Wildman–Crippen MR) is 140 cm³/mol. The number of thiophene rings is 1. The van der Waals surface area contributed by atoms with E-state index in [4.69, 9.17) is 24.5 Å². The van der Waals surface area contributed by atoms with E-state index in [1.54, 1.807) is 11.3 Å². The summed E-state index contributed by atoms with van der Waals surface area (Å²) in [6.07, 6.45) is -8.81. The number of carbonyl (C=O) groups excluding carboxylic acids is 1. The number of hydrogen-bond acceptors (Lipinski definition) is 7. The Morgan fingerprint density at radius 3 is 2.00 bits per heavy atom. The Kier molecular flexibility index (Phi) is 12.9. The van der Waals surface area contributed by atoms with Crippen LogP contribution in [-0.2, 0) is 32.2 Å². The maximum atomic E-state index is 13.1. The van der Waals surface area contributed by atoms with Crippen molar-refractivity contribution < 1.29 is 60.1 Å². The largest absolute Gasteiger partial charge is 0.490 e. The highest BCUT2D eigenvalue weighted by atomic mass is 32.1. The summed E-state index contributed by atoms with van der Waals surface area (Å²) < 4.78 is 83.0. The van der Waals surface area contributed by atoms with Gasteiger partial charge in [-0.1, -0.05) is 18.2 Å². The first kappa shape index (κ1) is 35.9. The molecule has 2 aliphatic rings. The lowest BCUT2D eigenvalue weighted by Crippen LogP contribution is -2.61. The minimum atomic E-state index is -5.08. The Morgan fingerprint density at radius 2 is 1.53 bits per heavy atom. The van der Waals surface area contributed by atoms with Crippen molar-refractivity contribution in [3.05, 3.63) is 58.0 Å². The van der Waals surface area contributed by atoms with Crippen LogP contribution in [0.15, 0.2) is 41.8 Å². The molecule has 43 heavy (non-hydrogen) atoms. The first-order chi connectivity index (χ1) is 19.9. The molecule has 2 saturated heterocycles. The Balaban J connectivity index is 0.000000384. The van der Waals surface area contributed by atoms with Crippen LogP contribution in [0.2, 0.25) is 0 Å². The van der Waals surface area contributed by atoms with E-state index < -0.39 is 30.4 Å². The van der Waals surface area contributed by atoms with Crippen molar-refractivity contribution in [1.29, 1.82) is 0 Å². The van der Waals surface area contributed by atoms with E-state index >= 15 is 0 Å². The molecule has 4 rings (SSSR count). The lowest BCUT2D eigenvalue weighted by Gasteiger charge is -2.48. The molecule has 0 aliphatic carbocycles. The Bertz CT molecular complexity index is 1160. The molecule has 2 fully saturated rings. The number of carboxylic acids is 2. The average Bonchev–Trinajstić information content (AvgIpc) is 3.43. The lowest BCUT2D eigenvalue weighted by atomic mass is 9.88. The summed E-state index contributed by atoms with van der Waals surface area (Å²) in [5.74, 6) is -5.74. The van der Waals surface area contributed by atoms with E-state index in [0.717, 1.165) is 49.5 Å². The monoisotopic (exact) mass is 645 g/mol. The second-order valence-corrected chi connectivity index (χ2v) is 10.8. The van der Waals surface area contributed by atoms with E-state index in [9.17, 15) is 35.5 Å². The third-order valence-corrected chi connectivity index (χ3v) is 7.19. The molecule has 0 bridgehead atoms. The fourth-order valence-electron chi connectivity index (χ4n) is 4.30. The maximum absolute atomic E-state index is 13.1. The zero-order chi connectivity index (χ0) is 32.4. The summed E-state index contributed by atoms with van der Waals surface area (Å²) in [6, 6.07) is 10.7. The third-order valence-electron chi connectivity index (χ3n) is 6.31.